The molecule has 0 aliphatic carbocycles. The Morgan fingerprint density at radius 2 is 1.77 bits per heavy atom. The number of nitrogens with two attached hydrogens (primary N) is 1. The van der Waals surface area contributed by atoms with Gasteiger partial charge < -0.3 is 9.64 Å². The molecule has 164 valence electrons. The van der Waals surface area contributed by atoms with Crippen LogP contribution in [-0.2, 0) is 10.2 Å². The number of hydrogen-bond acceptors (Lipinski definition) is 4. The molecule has 0 spiro atoms. The lowest BCUT2D eigenvalue weighted by Crippen LogP contribution is -2.44. The van der Waals surface area contributed by atoms with E-state index in [4.69, 9.17) is 9.88 Å². The number of ether oxygens (including phenoxy) is 1. The van der Waals surface area contributed by atoms with Gasteiger partial charge in [0.2, 0.25) is 0 Å². The van der Waals surface area contributed by atoms with Crippen molar-refractivity contribution in [2.75, 3.05) is 31.6 Å². The largest absolute Gasteiger partial charge is 0.495 e. The molecule has 0 unspecified atom stereocenters. The average Bonchev–Trinajstić information content (AvgIpc) is 2.71. The van der Waals surface area contributed by atoms with Crippen molar-refractivity contribution in [1.82, 2.24) is 4.31 Å². The van der Waals surface area contributed by atoms with Crippen LogP contribution in [0.15, 0.2) is 53.8 Å². The maximum atomic E-state index is 15.0. The van der Waals surface area contributed by atoms with E-state index in [1.54, 1.807) is 0 Å². The normalized spacial score (nSPS) is 17.1. The van der Waals surface area contributed by atoms with Gasteiger partial charge in [-0.2, -0.15) is 12.7 Å². The van der Waals surface area contributed by atoms with Crippen LogP contribution in [0.5, 0.6) is 5.75 Å². The zero-order chi connectivity index (χ0) is 22.3. The Hall–Kier alpha value is -2.82. The van der Waals surface area contributed by atoms with Gasteiger partial charge in [0.25, 0.3) is 10.2 Å². The molecule has 31 heavy (non-hydrogen) atoms. The second-order valence-electron chi connectivity index (χ2n) is 7.28. The zero-order valence-electron chi connectivity index (χ0n) is 16.6. The van der Waals surface area contributed by atoms with E-state index in [0.29, 0.717) is 24.4 Å². The van der Waals surface area contributed by atoms with Crippen molar-refractivity contribution in [2.24, 2.45) is 5.14 Å². The van der Waals surface area contributed by atoms with Crippen LogP contribution in [0.2, 0.25) is 0 Å². The van der Waals surface area contributed by atoms with E-state index in [9.17, 15) is 17.2 Å². The first-order valence-corrected chi connectivity index (χ1v) is 11.0. The van der Waals surface area contributed by atoms with Gasteiger partial charge in [-0.25, -0.2) is 18.3 Å². The summed E-state index contributed by atoms with van der Waals surface area (Å²) in [6.45, 7) is 0.748. The minimum absolute atomic E-state index is 0.00444. The fraction of sp³-hybridized carbons (Fsp3) is 0.238. The number of benzene rings is 2. The smallest absolute Gasteiger partial charge is 0.277 e. The van der Waals surface area contributed by atoms with Gasteiger partial charge in [0, 0.05) is 49.4 Å². The van der Waals surface area contributed by atoms with Crippen molar-refractivity contribution in [3.63, 3.8) is 0 Å². The van der Waals surface area contributed by atoms with Crippen molar-refractivity contribution < 1.29 is 26.3 Å². The molecule has 0 atom stereocenters. The van der Waals surface area contributed by atoms with Crippen LogP contribution >= 0.6 is 0 Å². The van der Waals surface area contributed by atoms with Crippen molar-refractivity contribution >= 4 is 15.9 Å². The molecule has 2 heterocycles. The van der Waals surface area contributed by atoms with Gasteiger partial charge in [0.05, 0.1) is 12.8 Å². The van der Waals surface area contributed by atoms with E-state index in [1.165, 1.54) is 23.5 Å². The molecule has 0 aromatic heterocycles. The molecule has 0 amide bonds. The standard InChI is InChI=1S/C21H20F3N3O3S/c1-30-21-10-17(14-7-15(22)9-16(23)8-14)18(24)11-20(21)27-5-2-3-13-12-26(31(25,28)29)6-4-19(13)27/h2-3,7-11H,4-6,12H2,1H3,(H2,25,28,29). The van der Waals surface area contributed by atoms with Crippen LogP contribution in [0.25, 0.3) is 11.1 Å². The number of methoxy groups -OCH3 is 1. The maximum Gasteiger partial charge on any atom is 0.277 e. The topological polar surface area (TPSA) is 75.9 Å². The van der Waals surface area contributed by atoms with Crippen LogP contribution in [0.4, 0.5) is 18.9 Å². The monoisotopic (exact) mass is 451 g/mol. The first kappa shape index (κ1) is 21.4. The van der Waals surface area contributed by atoms with E-state index in [1.807, 2.05) is 17.1 Å². The molecular weight excluding hydrogens is 431 g/mol. The molecule has 0 fully saturated rings. The molecular formula is C21H20F3N3O3S. The summed E-state index contributed by atoms with van der Waals surface area (Å²) in [6.07, 6.45) is 4.05. The predicted octanol–water partition coefficient (Wildman–Crippen LogP) is 3.32. The highest BCUT2D eigenvalue weighted by Crippen LogP contribution is 2.40. The van der Waals surface area contributed by atoms with E-state index >= 15 is 4.39 Å². The SMILES string of the molecule is COc1cc(-c2cc(F)cc(F)c2)c(F)cc1N1CC=CC2=C1CCN(S(N)(=O)=O)C2. The third-order valence-corrected chi connectivity index (χ3v) is 6.37. The lowest BCUT2D eigenvalue weighted by atomic mass is 9.99. The molecule has 2 N–H and O–H groups in total. The summed E-state index contributed by atoms with van der Waals surface area (Å²) in [5.41, 5.74) is 2.08. The van der Waals surface area contributed by atoms with Crippen molar-refractivity contribution in [2.45, 2.75) is 6.42 Å². The Morgan fingerprint density at radius 1 is 1.06 bits per heavy atom. The highest BCUT2D eigenvalue weighted by Gasteiger charge is 2.30. The van der Waals surface area contributed by atoms with E-state index in [2.05, 4.69) is 0 Å². The quantitative estimate of drug-likeness (QED) is 0.774. The van der Waals surface area contributed by atoms with Gasteiger partial charge in [-0.05, 0) is 29.3 Å². The van der Waals surface area contributed by atoms with Crippen LogP contribution in [0, 0.1) is 17.5 Å². The Labute approximate surface area is 178 Å². The Bertz CT molecular complexity index is 1190. The summed E-state index contributed by atoms with van der Waals surface area (Å²) in [4.78, 5) is 1.84. The fourth-order valence-electron chi connectivity index (χ4n) is 3.93. The van der Waals surface area contributed by atoms with Crippen molar-refractivity contribution in [3.8, 4) is 16.9 Å². The Balaban J connectivity index is 1.76. The molecule has 0 bridgehead atoms. The lowest BCUT2D eigenvalue weighted by Gasteiger charge is -2.37. The molecule has 0 saturated carbocycles. The fourth-order valence-corrected chi connectivity index (χ4v) is 4.59. The van der Waals surface area contributed by atoms with E-state index in [-0.39, 0.29) is 24.2 Å². The third-order valence-electron chi connectivity index (χ3n) is 5.34. The molecule has 2 aliphatic rings. The highest BCUT2D eigenvalue weighted by atomic mass is 32.2. The number of nitrogens with zero attached hydrogens (tertiary/aromatic N) is 2. The Morgan fingerprint density at radius 3 is 2.42 bits per heavy atom. The van der Waals surface area contributed by atoms with Crippen LogP contribution in [0.1, 0.15) is 6.42 Å². The van der Waals surface area contributed by atoms with Gasteiger partial charge >= 0.3 is 0 Å². The minimum Gasteiger partial charge on any atom is -0.495 e. The van der Waals surface area contributed by atoms with Gasteiger partial charge in [-0.15, -0.1) is 0 Å². The zero-order valence-corrected chi connectivity index (χ0v) is 17.4. The number of anilines is 1. The summed E-state index contributed by atoms with van der Waals surface area (Å²) < 4.78 is 72.3. The summed E-state index contributed by atoms with van der Waals surface area (Å²) in [5.74, 6) is -1.97. The molecule has 6 nitrogen and oxygen atoms in total. The molecule has 2 aliphatic heterocycles. The summed E-state index contributed by atoms with van der Waals surface area (Å²) >= 11 is 0. The highest BCUT2D eigenvalue weighted by molar-refractivity contribution is 7.86. The average molecular weight is 451 g/mol. The van der Waals surface area contributed by atoms with Crippen molar-refractivity contribution in [1.29, 1.82) is 0 Å². The lowest BCUT2D eigenvalue weighted by molar-refractivity contribution is 0.410. The minimum atomic E-state index is -3.82. The second kappa shape index (κ2) is 8.03. The molecule has 4 rings (SSSR count). The van der Waals surface area contributed by atoms with Crippen LogP contribution in [0.3, 0.4) is 0 Å². The Kier molecular flexibility index (Phi) is 5.54. The van der Waals surface area contributed by atoms with Crippen LogP contribution in [-0.4, -0.2) is 39.5 Å². The third kappa shape index (κ3) is 4.18. The van der Waals surface area contributed by atoms with Gasteiger partial charge in [0.1, 0.15) is 23.2 Å². The summed E-state index contributed by atoms with van der Waals surface area (Å²) in [7, 11) is -2.40. The molecule has 0 radical (unpaired) electrons. The maximum absolute atomic E-state index is 15.0. The number of hydrogen-bond donors (Lipinski definition) is 1. The summed E-state index contributed by atoms with van der Waals surface area (Å²) in [6, 6.07) is 5.47. The van der Waals surface area contributed by atoms with Gasteiger partial charge in [-0.1, -0.05) is 12.2 Å². The molecule has 10 heteroatoms. The van der Waals surface area contributed by atoms with Crippen LogP contribution < -0.4 is 14.8 Å². The molecule has 2 aromatic carbocycles. The van der Waals surface area contributed by atoms with E-state index in [0.717, 1.165) is 29.5 Å². The van der Waals surface area contributed by atoms with Crippen molar-refractivity contribution in [3.05, 3.63) is 71.2 Å². The summed E-state index contributed by atoms with van der Waals surface area (Å²) in [5, 5.41) is 5.25. The molecule has 2 aromatic rings. The first-order chi connectivity index (χ1) is 14.7. The number of rotatable bonds is 4. The van der Waals surface area contributed by atoms with Gasteiger partial charge in [-0.3, -0.25) is 0 Å². The first-order valence-electron chi connectivity index (χ1n) is 9.45. The second-order valence-corrected chi connectivity index (χ2v) is 8.82. The van der Waals surface area contributed by atoms with Gasteiger partial charge in [0.15, 0.2) is 0 Å². The van der Waals surface area contributed by atoms with E-state index < -0.39 is 27.7 Å². The predicted molar refractivity (Wildman–Crippen MR) is 111 cm³/mol. The molecule has 0 saturated heterocycles. The number of halogens is 3.